The number of carbonyl (C=O) groups excluding carboxylic acids is 2. The van der Waals surface area contributed by atoms with Gasteiger partial charge in [-0.3, -0.25) is 0 Å². The first-order valence-electron chi connectivity index (χ1n) is 7.44. The second-order valence-electron chi connectivity index (χ2n) is 5.10. The topological polar surface area (TPSA) is 52.6 Å². The van der Waals surface area contributed by atoms with E-state index >= 15 is 0 Å². The van der Waals surface area contributed by atoms with Gasteiger partial charge < -0.3 is 9.47 Å². The van der Waals surface area contributed by atoms with Gasteiger partial charge in [-0.25, -0.2) is 9.59 Å². The molecule has 0 radical (unpaired) electrons. The SMILES string of the molecule is CCOC(=O)/C1=C/c2ccccc2C(=O)OCc2ccccc21. The van der Waals surface area contributed by atoms with E-state index in [2.05, 4.69) is 0 Å². The van der Waals surface area contributed by atoms with Crippen molar-refractivity contribution < 1.29 is 19.1 Å². The molecule has 0 bridgehead atoms. The molecule has 116 valence electrons. The molecule has 3 rings (SSSR count). The molecule has 0 atom stereocenters. The normalized spacial score (nSPS) is 15.7. The second kappa shape index (κ2) is 6.48. The van der Waals surface area contributed by atoms with Crippen molar-refractivity contribution in [3.05, 3.63) is 70.8 Å². The van der Waals surface area contributed by atoms with Crippen LogP contribution in [0.5, 0.6) is 0 Å². The lowest BCUT2D eigenvalue weighted by molar-refractivity contribution is -0.136. The summed E-state index contributed by atoms with van der Waals surface area (Å²) in [7, 11) is 0. The largest absolute Gasteiger partial charge is 0.462 e. The summed E-state index contributed by atoms with van der Waals surface area (Å²) in [5, 5.41) is 0. The average molecular weight is 308 g/mol. The van der Waals surface area contributed by atoms with Gasteiger partial charge in [-0.15, -0.1) is 0 Å². The number of hydrogen-bond donors (Lipinski definition) is 0. The van der Waals surface area contributed by atoms with E-state index in [0.29, 0.717) is 16.7 Å². The molecule has 2 aromatic carbocycles. The molecule has 1 aliphatic rings. The molecule has 0 N–H and O–H groups in total. The maximum atomic E-state index is 12.4. The predicted molar refractivity (Wildman–Crippen MR) is 86.5 cm³/mol. The predicted octanol–water partition coefficient (Wildman–Crippen LogP) is 3.46. The Labute approximate surface area is 134 Å². The molecule has 0 aromatic heterocycles. The first-order valence-corrected chi connectivity index (χ1v) is 7.44. The van der Waals surface area contributed by atoms with Crippen molar-refractivity contribution in [1.29, 1.82) is 0 Å². The summed E-state index contributed by atoms with van der Waals surface area (Å²) in [6.07, 6.45) is 1.69. The van der Waals surface area contributed by atoms with Gasteiger partial charge in [0.15, 0.2) is 0 Å². The number of rotatable bonds is 2. The number of ether oxygens (including phenoxy) is 2. The van der Waals surface area contributed by atoms with Crippen molar-refractivity contribution in [1.82, 2.24) is 0 Å². The van der Waals surface area contributed by atoms with E-state index in [1.54, 1.807) is 31.2 Å². The lowest BCUT2D eigenvalue weighted by Crippen LogP contribution is -2.09. The molecule has 4 heteroatoms. The Morgan fingerprint density at radius 2 is 1.78 bits per heavy atom. The molecule has 0 fully saturated rings. The Balaban J connectivity index is 2.23. The second-order valence-corrected chi connectivity index (χ2v) is 5.10. The third-order valence-electron chi connectivity index (χ3n) is 3.64. The zero-order valence-electron chi connectivity index (χ0n) is 12.7. The minimum atomic E-state index is -0.413. The smallest absolute Gasteiger partial charge is 0.339 e. The van der Waals surface area contributed by atoms with Gasteiger partial charge in [0.25, 0.3) is 0 Å². The van der Waals surface area contributed by atoms with Gasteiger partial charge in [-0.1, -0.05) is 42.5 Å². The Kier molecular flexibility index (Phi) is 4.24. The third kappa shape index (κ3) is 3.01. The molecule has 23 heavy (non-hydrogen) atoms. The molecule has 0 unspecified atom stereocenters. The molecule has 4 nitrogen and oxygen atoms in total. The molecule has 0 amide bonds. The fraction of sp³-hybridized carbons (Fsp3) is 0.158. The first kappa shape index (κ1) is 15.0. The van der Waals surface area contributed by atoms with E-state index in [0.717, 1.165) is 11.1 Å². The van der Waals surface area contributed by atoms with Crippen molar-refractivity contribution in [2.45, 2.75) is 13.5 Å². The molecule has 0 saturated heterocycles. The highest BCUT2D eigenvalue weighted by Crippen LogP contribution is 2.27. The van der Waals surface area contributed by atoms with Gasteiger partial charge in [0.05, 0.1) is 17.7 Å². The van der Waals surface area contributed by atoms with Crippen molar-refractivity contribution >= 4 is 23.6 Å². The highest BCUT2D eigenvalue weighted by molar-refractivity contribution is 6.22. The van der Waals surface area contributed by atoms with Crippen molar-refractivity contribution in [3.63, 3.8) is 0 Å². The summed E-state index contributed by atoms with van der Waals surface area (Å²) in [4.78, 5) is 24.7. The molecular formula is C19H16O4. The van der Waals surface area contributed by atoms with Crippen LogP contribution < -0.4 is 0 Å². The quantitative estimate of drug-likeness (QED) is 0.797. The van der Waals surface area contributed by atoms with Gasteiger partial charge in [-0.05, 0) is 35.8 Å². The van der Waals surface area contributed by atoms with Crippen LogP contribution in [0.1, 0.15) is 34.0 Å². The zero-order chi connectivity index (χ0) is 16.2. The van der Waals surface area contributed by atoms with Crippen LogP contribution in [0.3, 0.4) is 0 Å². The molecule has 2 aromatic rings. The van der Waals surface area contributed by atoms with Crippen molar-refractivity contribution in [2.75, 3.05) is 6.61 Å². The van der Waals surface area contributed by atoms with Crippen LogP contribution in [0.15, 0.2) is 48.5 Å². The minimum absolute atomic E-state index is 0.111. The molecule has 0 saturated carbocycles. The number of carbonyl (C=O) groups is 2. The van der Waals surface area contributed by atoms with E-state index in [4.69, 9.17) is 9.47 Å². The van der Waals surface area contributed by atoms with Gasteiger partial charge in [0.1, 0.15) is 6.61 Å². The van der Waals surface area contributed by atoms with E-state index < -0.39 is 11.9 Å². The molecule has 1 heterocycles. The highest BCUT2D eigenvalue weighted by atomic mass is 16.5. The summed E-state index contributed by atoms with van der Waals surface area (Å²) in [5.41, 5.74) is 2.98. The van der Waals surface area contributed by atoms with Crippen LogP contribution in [0.2, 0.25) is 0 Å². The summed E-state index contributed by atoms with van der Waals surface area (Å²) < 4.78 is 10.6. The van der Waals surface area contributed by atoms with E-state index in [1.165, 1.54) is 0 Å². The van der Waals surface area contributed by atoms with E-state index in [1.807, 2.05) is 30.3 Å². The van der Waals surface area contributed by atoms with Crippen LogP contribution in [0, 0.1) is 0 Å². The van der Waals surface area contributed by atoms with Gasteiger partial charge in [0, 0.05) is 0 Å². The van der Waals surface area contributed by atoms with Crippen LogP contribution in [-0.4, -0.2) is 18.5 Å². The van der Waals surface area contributed by atoms with E-state index in [-0.39, 0.29) is 13.2 Å². The Morgan fingerprint density at radius 3 is 2.57 bits per heavy atom. The third-order valence-corrected chi connectivity index (χ3v) is 3.64. The fourth-order valence-electron chi connectivity index (χ4n) is 2.55. The van der Waals surface area contributed by atoms with Crippen molar-refractivity contribution in [3.8, 4) is 0 Å². The number of cyclic esters (lactones) is 1. The van der Waals surface area contributed by atoms with Crippen molar-refractivity contribution in [2.24, 2.45) is 0 Å². The average Bonchev–Trinajstić information content (AvgIpc) is 2.63. The maximum absolute atomic E-state index is 12.4. The standard InChI is InChI=1S/C19H16O4/c1-2-22-19(21)17-11-13-7-3-6-10-16(13)18(20)23-12-14-8-4-5-9-15(14)17/h3-11H,2,12H2,1H3/b17-11+. The highest BCUT2D eigenvalue weighted by Gasteiger charge is 2.21. The number of esters is 2. The first-order chi connectivity index (χ1) is 11.2. The minimum Gasteiger partial charge on any atom is -0.462 e. The Morgan fingerprint density at radius 1 is 1.09 bits per heavy atom. The molecule has 1 aliphatic heterocycles. The van der Waals surface area contributed by atoms with Gasteiger partial charge >= 0.3 is 11.9 Å². The lowest BCUT2D eigenvalue weighted by Gasteiger charge is -2.11. The summed E-state index contributed by atoms with van der Waals surface area (Å²) in [6, 6.07) is 14.4. The summed E-state index contributed by atoms with van der Waals surface area (Å²) >= 11 is 0. The number of benzene rings is 2. The fourth-order valence-corrected chi connectivity index (χ4v) is 2.55. The van der Waals surface area contributed by atoms with Crippen LogP contribution >= 0.6 is 0 Å². The maximum Gasteiger partial charge on any atom is 0.339 e. The van der Waals surface area contributed by atoms with Crippen LogP contribution in [0.25, 0.3) is 11.6 Å². The van der Waals surface area contributed by atoms with Gasteiger partial charge in [0.2, 0.25) is 0 Å². The molecule has 0 spiro atoms. The summed E-state index contributed by atoms with van der Waals surface area (Å²) in [5.74, 6) is -0.819. The molecular weight excluding hydrogens is 292 g/mol. The Hall–Kier alpha value is -2.88. The monoisotopic (exact) mass is 308 g/mol. The summed E-state index contributed by atoms with van der Waals surface area (Å²) in [6.45, 7) is 2.16. The van der Waals surface area contributed by atoms with Gasteiger partial charge in [-0.2, -0.15) is 0 Å². The Bertz CT molecular complexity index is 789. The number of fused-ring (bicyclic) bond motifs is 2. The molecule has 0 aliphatic carbocycles. The lowest BCUT2D eigenvalue weighted by atomic mass is 9.97. The van der Waals surface area contributed by atoms with Crippen LogP contribution in [-0.2, 0) is 20.9 Å². The van der Waals surface area contributed by atoms with Crippen LogP contribution in [0.4, 0.5) is 0 Å². The van der Waals surface area contributed by atoms with E-state index in [9.17, 15) is 9.59 Å². The number of hydrogen-bond acceptors (Lipinski definition) is 4. The zero-order valence-corrected chi connectivity index (χ0v) is 12.7.